The van der Waals surface area contributed by atoms with E-state index in [0.717, 1.165) is 27.9 Å². The lowest BCUT2D eigenvalue weighted by Gasteiger charge is -2.47. The molecule has 3 aromatic rings. The lowest BCUT2D eigenvalue weighted by Crippen LogP contribution is -2.66. The van der Waals surface area contributed by atoms with Gasteiger partial charge in [0.25, 0.3) is 0 Å². The minimum Gasteiger partial charge on any atom is -0.467 e. The molecular formula is C29H33N3O4S. The third kappa shape index (κ3) is 4.62. The third-order valence-corrected chi connectivity index (χ3v) is 7.83. The lowest BCUT2D eigenvalue weighted by atomic mass is 9.68. The minimum atomic E-state index is -1.38. The molecule has 194 valence electrons. The highest BCUT2D eigenvalue weighted by molar-refractivity contribution is 7.14. The average Bonchev–Trinajstić information content (AvgIpc) is 3.31. The molecule has 3 unspecified atom stereocenters. The molecule has 1 aliphatic rings. The summed E-state index contributed by atoms with van der Waals surface area (Å²) in [5, 5.41) is 9.31. The van der Waals surface area contributed by atoms with Crippen LogP contribution in [0.4, 0.5) is 5.13 Å². The number of nitrogens with one attached hydrogen (secondary N) is 2. The van der Waals surface area contributed by atoms with Crippen LogP contribution in [-0.4, -0.2) is 42.7 Å². The Morgan fingerprint density at radius 3 is 2.27 bits per heavy atom. The van der Waals surface area contributed by atoms with Crippen molar-refractivity contribution < 1.29 is 19.1 Å². The van der Waals surface area contributed by atoms with E-state index in [1.54, 1.807) is 0 Å². The van der Waals surface area contributed by atoms with Crippen molar-refractivity contribution >= 4 is 28.4 Å². The first-order valence-electron chi connectivity index (χ1n) is 12.1. The number of thiazole rings is 1. The van der Waals surface area contributed by atoms with Crippen molar-refractivity contribution in [1.82, 2.24) is 10.3 Å². The van der Waals surface area contributed by atoms with Crippen LogP contribution in [0.15, 0.2) is 59.1 Å². The highest BCUT2D eigenvalue weighted by Gasteiger charge is 2.58. The Hall–Kier alpha value is -3.65. The first-order valence-corrected chi connectivity index (χ1v) is 13.0. The van der Waals surface area contributed by atoms with Gasteiger partial charge in [-0.15, -0.1) is 11.3 Å². The van der Waals surface area contributed by atoms with Gasteiger partial charge in [0.1, 0.15) is 0 Å². The standard InChI is InChI=1S/C29H33N3O4S/c1-16-13-17(2)23(18(3)14-16)22-15-37-28(31-22)32-29(27(34)36-7)20(5)30-19(4)24(26(33)35-6)25(29)21-11-9-8-10-12-21/h8-15,20,25,30H,1-7H3,(H,31,32). The van der Waals surface area contributed by atoms with Crippen molar-refractivity contribution in [3.05, 3.63) is 81.4 Å². The Bertz CT molecular complexity index is 1340. The Labute approximate surface area is 221 Å². The van der Waals surface area contributed by atoms with Gasteiger partial charge in [0, 0.05) is 16.6 Å². The van der Waals surface area contributed by atoms with E-state index in [4.69, 9.17) is 14.5 Å². The summed E-state index contributed by atoms with van der Waals surface area (Å²) in [6.07, 6.45) is 0. The van der Waals surface area contributed by atoms with Gasteiger partial charge in [-0.05, 0) is 51.3 Å². The van der Waals surface area contributed by atoms with Crippen LogP contribution in [0.1, 0.15) is 42.0 Å². The smallest absolute Gasteiger partial charge is 0.336 e. The average molecular weight is 520 g/mol. The minimum absolute atomic E-state index is 0.367. The maximum Gasteiger partial charge on any atom is 0.336 e. The molecule has 37 heavy (non-hydrogen) atoms. The van der Waals surface area contributed by atoms with Crippen molar-refractivity contribution in [3.63, 3.8) is 0 Å². The summed E-state index contributed by atoms with van der Waals surface area (Å²) >= 11 is 1.41. The number of allylic oxidation sites excluding steroid dienone is 1. The molecule has 0 saturated carbocycles. The molecule has 0 radical (unpaired) electrons. The summed E-state index contributed by atoms with van der Waals surface area (Å²) in [6, 6.07) is 13.3. The fourth-order valence-corrected chi connectivity index (χ4v) is 6.34. The second kappa shape index (κ2) is 10.4. The zero-order valence-corrected chi connectivity index (χ0v) is 23.1. The van der Waals surface area contributed by atoms with E-state index in [9.17, 15) is 9.59 Å². The normalized spacial score (nSPS) is 21.3. The number of nitrogens with zero attached hydrogens (tertiary/aromatic N) is 1. The number of carbonyl (C=O) groups is 2. The van der Waals surface area contributed by atoms with E-state index in [-0.39, 0.29) is 0 Å². The molecular weight excluding hydrogens is 486 g/mol. The highest BCUT2D eigenvalue weighted by Crippen LogP contribution is 2.45. The SMILES string of the molecule is COC(=O)C1=C(C)NC(C)C(Nc2nc(-c3c(C)cc(C)cc3C)cs2)(C(=O)OC)C1c1ccccc1. The van der Waals surface area contributed by atoms with E-state index in [1.165, 1.54) is 31.1 Å². The lowest BCUT2D eigenvalue weighted by molar-refractivity contribution is -0.148. The number of rotatable bonds is 6. The van der Waals surface area contributed by atoms with Gasteiger partial charge < -0.3 is 20.1 Å². The molecule has 0 amide bonds. The summed E-state index contributed by atoms with van der Waals surface area (Å²) < 4.78 is 10.6. The summed E-state index contributed by atoms with van der Waals surface area (Å²) in [5.41, 5.74) is 5.80. The summed E-state index contributed by atoms with van der Waals surface area (Å²) in [5.74, 6) is -1.71. The van der Waals surface area contributed by atoms with Gasteiger partial charge in [-0.3, -0.25) is 0 Å². The van der Waals surface area contributed by atoms with Gasteiger partial charge in [0.15, 0.2) is 10.7 Å². The van der Waals surface area contributed by atoms with Crippen LogP contribution in [-0.2, 0) is 19.1 Å². The Morgan fingerprint density at radius 1 is 1.03 bits per heavy atom. The molecule has 2 N–H and O–H groups in total. The maximum atomic E-state index is 13.8. The van der Waals surface area contributed by atoms with Crippen LogP contribution in [0.25, 0.3) is 11.3 Å². The fourth-order valence-electron chi connectivity index (χ4n) is 5.57. The molecule has 1 aliphatic heterocycles. The largest absolute Gasteiger partial charge is 0.467 e. The summed E-state index contributed by atoms with van der Waals surface area (Å²) in [4.78, 5) is 31.7. The van der Waals surface area contributed by atoms with E-state index in [1.807, 2.05) is 49.6 Å². The van der Waals surface area contributed by atoms with Gasteiger partial charge in [0.2, 0.25) is 0 Å². The highest BCUT2D eigenvalue weighted by atomic mass is 32.1. The number of esters is 2. The van der Waals surface area contributed by atoms with Gasteiger partial charge in [-0.1, -0.05) is 48.0 Å². The second-order valence-electron chi connectivity index (χ2n) is 9.54. The van der Waals surface area contributed by atoms with Gasteiger partial charge in [-0.25, -0.2) is 14.6 Å². The monoisotopic (exact) mass is 519 g/mol. The molecule has 2 aromatic carbocycles. The number of aryl methyl sites for hydroxylation is 3. The quantitative estimate of drug-likeness (QED) is 0.428. The molecule has 0 fully saturated rings. The van der Waals surface area contributed by atoms with Crippen LogP contribution >= 0.6 is 11.3 Å². The number of anilines is 1. The molecule has 0 aliphatic carbocycles. The topological polar surface area (TPSA) is 89.5 Å². The van der Waals surface area contributed by atoms with Crippen LogP contribution in [0, 0.1) is 20.8 Å². The van der Waals surface area contributed by atoms with Crippen molar-refractivity contribution in [3.8, 4) is 11.3 Å². The van der Waals surface area contributed by atoms with Gasteiger partial charge in [-0.2, -0.15) is 0 Å². The zero-order valence-electron chi connectivity index (χ0n) is 22.3. The Morgan fingerprint density at radius 2 is 1.68 bits per heavy atom. The first-order chi connectivity index (χ1) is 17.6. The van der Waals surface area contributed by atoms with Crippen molar-refractivity contribution in [2.24, 2.45) is 0 Å². The predicted octanol–water partition coefficient (Wildman–Crippen LogP) is 5.28. The molecule has 0 saturated heterocycles. The molecule has 0 bridgehead atoms. The number of carbonyl (C=O) groups excluding carboxylic acids is 2. The number of benzene rings is 2. The third-order valence-electron chi connectivity index (χ3n) is 7.08. The number of aromatic nitrogens is 1. The fraction of sp³-hybridized carbons (Fsp3) is 0.345. The summed E-state index contributed by atoms with van der Waals surface area (Å²) in [7, 11) is 2.70. The van der Waals surface area contributed by atoms with Crippen molar-refractivity contribution in [2.45, 2.75) is 52.1 Å². The molecule has 2 heterocycles. The molecule has 4 rings (SSSR count). The zero-order chi connectivity index (χ0) is 26.9. The molecule has 7 nitrogen and oxygen atoms in total. The van der Waals surface area contributed by atoms with Gasteiger partial charge in [0.05, 0.1) is 37.4 Å². The van der Waals surface area contributed by atoms with Crippen LogP contribution < -0.4 is 10.6 Å². The number of hydrogen-bond donors (Lipinski definition) is 2. The maximum absolute atomic E-state index is 13.8. The molecule has 8 heteroatoms. The van der Waals surface area contributed by atoms with E-state index in [2.05, 4.69) is 43.5 Å². The van der Waals surface area contributed by atoms with E-state index in [0.29, 0.717) is 16.4 Å². The Balaban J connectivity index is 1.89. The van der Waals surface area contributed by atoms with Crippen LogP contribution in [0.3, 0.4) is 0 Å². The van der Waals surface area contributed by atoms with Crippen molar-refractivity contribution in [2.75, 3.05) is 19.5 Å². The van der Waals surface area contributed by atoms with Crippen LogP contribution in [0.5, 0.6) is 0 Å². The first kappa shape index (κ1) is 26.4. The number of ether oxygens (including phenoxy) is 2. The molecule has 1 aromatic heterocycles. The number of methoxy groups -OCH3 is 2. The Kier molecular flexibility index (Phi) is 7.41. The van der Waals surface area contributed by atoms with Gasteiger partial charge >= 0.3 is 11.9 Å². The van der Waals surface area contributed by atoms with Crippen molar-refractivity contribution in [1.29, 1.82) is 0 Å². The van der Waals surface area contributed by atoms with E-state index >= 15 is 0 Å². The van der Waals surface area contributed by atoms with E-state index < -0.39 is 29.4 Å². The second-order valence-corrected chi connectivity index (χ2v) is 10.4. The summed E-state index contributed by atoms with van der Waals surface area (Å²) in [6.45, 7) is 9.96. The number of hydrogen-bond acceptors (Lipinski definition) is 8. The van der Waals surface area contributed by atoms with Crippen LogP contribution in [0.2, 0.25) is 0 Å². The molecule has 3 atom stereocenters. The predicted molar refractivity (Wildman–Crippen MR) is 147 cm³/mol. The molecule has 0 spiro atoms.